The third-order valence-electron chi connectivity index (χ3n) is 1.77. The highest BCUT2D eigenvalue weighted by molar-refractivity contribution is 6.29. The molecule has 0 radical (unpaired) electrons. The number of halogens is 1. The molecule has 80 valence electrons. The van der Waals surface area contributed by atoms with Crippen molar-refractivity contribution in [1.29, 1.82) is 0 Å². The Morgan fingerprint density at radius 3 is 2.69 bits per heavy atom. The van der Waals surface area contributed by atoms with Crippen LogP contribution in [0.2, 0.25) is 5.15 Å². The van der Waals surface area contributed by atoms with Gasteiger partial charge in [0.2, 0.25) is 0 Å². The Kier molecular flexibility index (Phi) is 3.07. The summed E-state index contributed by atoms with van der Waals surface area (Å²) in [5.74, 6) is 0.0899. The van der Waals surface area contributed by atoms with E-state index in [1.807, 2.05) is 0 Å². The molecule has 6 heteroatoms. The zero-order chi connectivity index (χ0) is 11.4. The SMILES string of the molecule is O=C(Nc1ccccn1)c1ccc(Cl)nn1. The maximum atomic E-state index is 11.6. The zero-order valence-corrected chi connectivity index (χ0v) is 8.85. The highest BCUT2D eigenvalue weighted by atomic mass is 35.5. The molecule has 2 rings (SSSR count). The third kappa shape index (κ3) is 2.52. The third-order valence-corrected chi connectivity index (χ3v) is 1.97. The molecule has 0 spiro atoms. The molecule has 5 nitrogen and oxygen atoms in total. The second kappa shape index (κ2) is 4.67. The van der Waals surface area contributed by atoms with E-state index >= 15 is 0 Å². The molecule has 0 saturated carbocycles. The molecule has 16 heavy (non-hydrogen) atoms. The molecular formula is C10H7ClN4O. The van der Waals surface area contributed by atoms with Crippen molar-refractivity contribution in [3.05, 3.63) is 47.4 Å². The van der Waals surface area contributed by atoms with E-state index in [0.717, 1.165) is 0 Å². The summed E-state index contributed by atoms with van der Waals surface area (Å²) >= 11 is 5.56. The van der Waals surface area contributed by atoms with Gasteiger partial charge in [0.05, 0.1) is 0 Å². The Balaban J connectivity index is 2.12. The number of carbonyl (C=O) groups excluding carboxylic acids is 1. The highest BCUT2D eigenvalue weighted by Gasteiger charge is 2.08. The Labute approximate surface area is 96.5 Å². The van der Waals surface area contributed by atoms with Crippen molar-refractivity contribution in [3.8, 4) is 0 Å². The summed E-state index contributed by atoms with van der Waals surface area (Å²) in [6.07, 6.45) is 1.59. The van der Waals surface area contributed by atoms with Crippen LogP contribution in [0.5, 0.6) is 0 Å². The van der Waals surface area contributed by atoms with Crippen LogP contribution >= 0.6 is 11.6 Å². The molecule has 0 aliphatic heterocycles. The molecule has 0 saturated heterocycles. The van der Waals surface area contributed by atoms with Crippen molar-refractivity contribution >= 4 is 23.3 Å². The first-order chi connectivity index (χ1) is 7.75. The standard InChI is InChI=1S/C10H7ClN4O/c11-8-5-4-7(14-15-8)10(16)13-9-3-1-2-6-12-9/h1-6H,(H,12,13,16). The van der Waals surface area contributed by atoms with Crippen molar-refractivity contribution in [2.24, 2.45) is 0 Å². The Morgan fingerprint density at radius 2 is 2.06 bits per heavy atom. The van der Waals surface area contributed by atoms with Gasteiger partial charge in [-0.15, -0.1) is 10.2 Å². The van der Waals surface area contributed by atoms with Crippen LogP contribution in [0.25, 0.3) is 0 Å². The van der Waals surface area contributed by atoms with Crippen LogP contribution in [0.3, 0.4) is 0 Å². The van der Waals surface area contributed by atoms with Crippen LogP contribution < -0.4 is 5.32 Å². The van der Waals surface area contributed by atoms with E-state index < -0.39 is 0 Å². The van der Waals surface area contributed by atoms with Gasteiger partial charge < -0.3 is 5.32 Å². The van der Waals surface area contributed by atoms with Crippen molar-refractivity contribution < 1.29 is 4.79 Å². The largest absolute Gasteiger partial charge is 0.305 e. The van der Waals surface area contributed by atoms with Gasteiger partial charge in [-0.2, -0.15) is 0 Å². The molecule has 0 aliphatic rings. The van der Waals surface area contributed by atoms with Gasteiger partial charge in [-0.1, -0.05) is 17.7 Å². The number of nitrogens with one attached hydrogen (secondary N) is 1. The van der Waals surface area contributed by atoms with Crippen LogP contribution in [-0.4, -0.2) is 21.1 Å². The summed E-state index contributed by atoms with van der Waals surface area (Å²) in [6.45, 7) is 0. The van der Waals surface area contributed by atoms with Gasteiger partial charge in [0.25, 0.3) is 5.91 Å². The first-order valence-electron chi connectivity index (χ1n) is 4.47. The fraction of sp³-hybridized carbons (Fsp3) is 0. The quantitative estimate of drug-likeness (QED) is 0.860. The Hall–Kier alpha value is -2.01. The number of anilines is 1. The number of aromatic nitrogens is 3. The Bertz CT molecular complexity index is 486. The zero-order valence-electron chi connectivity index (χ0n) is 8.09. The lowest BCUT2D eigenvalue weighted by Crippen LogP contribution is -2.14. The molecule has 0 bridgehead atoms. The lowest BCUT2D eigenvalue weighted by atomic mass is 10.3. The highest BCUT2D eigenvalue weighted by Crippen LogP contribution is 2.05. The average molecular weight is 235 g/mol. The predicted octanol–water partition coefficient (Wildman–Crippen LogP) is 1.78. The smallest absolute Gasteiger partial charge is 0.277 e. The molecule has 1 amide bonds. The van der Waals surface area contributed by atoms with Gasteiger partial charge in [-0.3, -0.25) is 4.79 Å². The first-order valence-corrected chi connectivity index (χ1v) is 4.85. The molecule has 1 N–H and O–H groups in total. The van der Waals surface area contributed by atoms with Gasteiger partial charge in [-0.25, -0.2) is 4.98 Å². The lowest BCUT2D eigenvalue weighted by Gasteiger charge is -2.02. The van der Waals surface area contributed by atoms with E-state index in [1.54, 1.807) is 24.4 Å². The van der Waals surface area contributed by atoms with Crippen molar-refractivity contribution in [3.63, 3.8) is 0 Å². The van der Waals surface area contributed by atoms with E-state index in [9.17, 15) is 4.79 Å². The molecule has 2 aromatic rings. The minimum absolute atomic E-state index is 0.190. The molecule has 2 heterocycles. The molecule has 0 atom stereocenters. The lowest BCUT2D eigenvalue weighted by molar-refractivity contribution is 0.102. The van der Waals surface area contributed by atoms with E-state index in [-0.39, 0.29) is 16.8 Å². The van der Waals surface area contributed by atoms with Crippen LogP contribution in [0.4, 0.5) is 5.82 Å². The minimum Gasteiger partial charge on any atom is -0.305 e. The maximum Gasteiger partial charge on any atom is 0.277 e. The monoisotopic (exact) mass is 234 g/mol. The summed E-state index contributed by atoms with van der Waals surface area (Å²) in [6, 6.07) is 8.21. The minimum atomic E-state index is -0.372. The van der Waals surface area contributed by atoms with E-state index in [0.29, 0.717) is 5.82 Å². The topological polar surface area (TPSA) is 67.8 Å². The first kappa shape index (κ1) is 10.5. The summed E-state index contributed by atoms with van der Waals surface area (Å²) in [5, 5.41) is 10.1. The van der Waals surface area contributed by atoms with Crippen molar-refractivity contribution in [2.75, 3.05) is 5.32 Å². The van der Waals surface area contributed by atoms with Crippen LogP contribution in [0.1, 0.15) is 10.5 Å². The number of carbonyl (C=O) groups is 1. The molecule has 0 fully saturated rings. The van der Waals surface area contributed by atoms with Crippen LogP contribution in [0, 0.1) is 0 Å². The second-order valence-electron chi connectivity index (χ2n) is 2.91. The van der Waals surface area contributed by atoms with Crippen LogP contribution in [-0.2, 0) is 0 Å². The van der Waals surface area contributed by atoms with E-state index in [2.05, 4.69) is 20.5 Å². The normalized spacial score (nSPS) is 9.81. The number of amides is 1. The van der Waals surface area contributed by atoms with Gasteiger partial charge in [-0.05, 0) is 24.3 Å². The fourth-order valence-electron chi connectivity index (χ4n) is 1.05. The summed E-state index contributed by atoms with van der Waals surface area (Å²) < 4.78 is 0. The average Bonchev–Trinajstić information content (AvgIpc) is 2.31. The molecule has 0 aromatic carbocycles. The number of pyridine rings is 1. The predicted molar refractivity (Wildman–Crippen MR) is 59.2 cm³/mol. The summed E-state index contributed by atoms with van der Waals surface area (Å²) in [4.78, 5) is 15.6. The molecule has 2 aromatic heterocycles. The van der Waals surface area contributed by atoms with Gasteiger partial charge in [0.1, 0.15) is 5.82 Å². The summed E-state index contributed by atoms with van der Waals surface area (Å²) in [5.41, 5.74) is 0.190. The number of nitrogens with zero attached hydrogens (tertiary/aromatic N) is 3. The Morgan fingerprint density at radius 1 is 1.19 bits per heavy atom. The van der Waals surface area contributed by atoms with Crippen molar-refractivity contribution in [1.82, 2.24) is 15.2 Å². The number of hydrogen-bond acceptors (Lipinski definition) is 4. The maximum absolute atomic E-state index is 11.6. The van der Waals surface area contributed by atoms with Gasteiger partial charge in [0.15, 0.2) is 10.8 Å². The van der Waals surface area contributed by atoms with Crippen molar-refractivity contribution in [2.45, 2.75) is 0 Å². The molecule has 0 unspecified atom stereocenters. The van der Waals surface area contributed by atoms with Gasteiger partial charge in [0, 0.05) is 6.20 Å². The number of rotatable bonds is 2. The fourth-order valence-corrected chi connectivity index (χ4v) is 1.15. The molecular weight excluding hydrogens is 228 g/mol. The summed E-state index contributed by atoms with van der Waals surface area (Å²) in [7, 11) is 0. The second-order valence-corrected chi connectivity index (χ2v) is 3.30. The number of hydrogen-bond donors (Lipinski definition) is 1. The van der Waals surface area contributed by atoms with E-state index in [1.165, 1.54) is 12.1 Å². The van der Waals surface area contributed by atoms with Crippen LogP contribution in [0.15, 0.2) is 36.5 Å². The van der Waals surface area contributed by atoms with Gasteiger partial charge >= 0.3 is 0 Å². The van der Waals surface area contributed by atoms with E-state index in [4.69, 9.17) is 11.6 Å². The molecule has 0 aliphatic carbocycles.